The van der Waals surface area contributed by atoms with E-state index in [1.807, 2.05) is 30.5 Å². The van der Waals surface area contributed by atoms with Crippen molar-refractivity contribution in [1.82, 2.24) is 24.9 Å². The van der Waals surface area contributed by atoms with E-state index in [0.29, 0.717) is 0 Å². The molecule has 0 atom stereocenters. The van der Waals surface area contributed by atoms with Crippen molar-refractivity contribution in [2.45, 2.75) is 19.3 Å². The van der Waals surface area contributed by atoms with Gasteiger partial charge in [-0.25, -0.2) is 19.9 Å². The lowest BCUT2D eigenvalue weighted by Gasteiger charge is -2.36. The Hall–Kier alpha value is -3.09. The summed E-state index contributed by atoms with van der Waals surface area (Å²) in [6.45, 7) is 3.59. The second-order valence-electron chi connectivity index (χ2n) is 6.91. The molecular weight excluding hydrogens is 338 g/mol. The Kier molecular flexibility index (Phi) is 4.12. The number of anilines is 2. The van der Waals surface area contributed by atoms with E-state index in [-0.39, 0.29) is 0 Å². The van der Waals surface area contributed by atoms with Crippen LogP contribution in [-0.4, -0.2) is 51.1 Å². The number of nitrogens with zero attached hydrogens (tertiary/aromatic N) is 7. The van der Waals surface area contributed by atoms with Gasteiger partial charge < -0.3 is 9.80 Å². The minimum atomic E-state index is 0.769. The van der Waals surface area contributed by atoms with Crippen molar-refractivity contribution in [1.29, 1.82) is 0 Å². The van der Waals surface area contributed by atoms with Crippen molar-refractivity contribution in [2.75, 3.05) is 36.0 Å². The average molecular weight is 359 g/mol. The summed E-state index contributed by atoms with van der Waals surface area (Å²) in [6.07, 6.45) is 8.69. The van der Waals surface area contributed by atoms with Crippen molar-refractivity contribution < 1.29 is 0 Å². The SMILES string of the molecule is c1ccc(-c2ccnc(N3CCN(c4ncnc5c4CCC5)CC3)n2)nc1. The van der Waals surface area contributed by atoms with Gasteiger partial charge in [-0.3, -0.25) is 4.98 Å². The highest BCUT2D eigenvalue weighted by atomic mass is 15.3. The number of hydrogen-bond donors (Lipinski definition) is 0. The van der Waals surface area contributed by atoms with E-state index in [1.54, 1.807) is 12.5 Å². The Morgan fingerprint density at radius 1 is 0.741 bits per heavy atom. The molecule has 0 unspecified atom stereocenters. The summed E-state index contributed by atoms with van der Waals surface area (Å²) >= 11 is 0. The van der Waals surface area contributed by atoms with Crippen molar-refractivity contribution in [3.05, 3.63) is 54.2 Å². The van der Waals surface area contributed by atoms with Gasteiger partial charge in [0.1, 0.15) is 12.1 Å². The first-order valence-electron chi connectivity index (χ1n) is 9.45. The second-order valence-corrected chi connectivity index (χ2v) is 6.91. The van der Waals surface area contributed by atoms with Crippen LogP contribution in [0.4, 0.5) is 11.8 Å². The highest BCUT2D eigenvalue weighted by molar-refractivity contribution is 5.56. The third kappa shape index (κ3) is 3.09. The molecule has 1 fully saturated rings. The van der Waals surface area contributed by atoms with Gasteiger partial charge in [-0.05, 0) is 37.5 Å². The van der Waals surface area contributed by atoms with Crippen LogP contribution in [0.3, 0.4) is 0 Å². The molecule has 0 saturated carbocycles. The zero-order valence-electron chi connectivity index (χ0n) is 15.1. The van der Waals surface area contributed by atoms with Crippen LogP contribution in [0.1, 0.15) is 17.7 Å². The van der Waals surface area contributed by atoms with E-state index < -0.39 is 0 Å². The Bertz CT molecular complexity index is 936. The lowest BCUT2D eigenvalue weighted by atomic mass is 10.2. The van der Waals surface area contributed by atoms with Crippen molar-refractivity contribution >= 4 is 11.8 Å². The molecule has 3 aromatic heterocycles. The number of fused-ring (bicyclic) bond motifs is 1. The minimum Gasteiger partial charge on any atom is -0.353 e. The molecule has 0 bridgehead atoms. The number of aryl methyl sites for hydroxylation is 1. The quantitative estimate of drug-likeness (QED) is 0.709. The largest absolute Gasteiger partial charge is 0.353 e. The highest BCUT2D eigenvalue weighted by Gasteiger charge is 2.25. The Morgan fingerprint density at radius 3 is 2.48 bits per heavy atom. The lowest BCUT2D eigenvalue weighted by molar-refractivity contribution is 0.632. The molecule has 0 aromatic carbocycles. The molecule has 4 heterocycles. The van der Waals surface area contributed by atoms with E-state index in [9.17, 15) is 0 Å². The molecule has 3 aromatic rings. The molecule has 1 aliphatic heterocycles. The Labute approximate surface area is 158 Å². The van der Waals surface area contributed by atoms with E-state index in [4.69, 9.17) is 4.98 Å². The third-order valence-corrected chi connectivity index (χ3v) is 5.28. The molecule has 5 rings (SSSR count). The number of rotatable bonds is 3. The first-order valence-corrected chi connectivity index (χ1v) is 9.45. The van der Waals surface area contributed by atoms with Gasteiger partial charge >= 0.3 is 0 Å². The predicted molar refractivity (Wildman–Crippen MR) is 104 cm³/mol. The number of pyridine rings is 1. The summed E-state index contributed by atoms with van der Waals surface area (Å²) in [5.41, 5.74) is 4.31. The fourth-order valence-corrected chi connectivity index (χ4v) is 3.89. The monoisotopic (exact) mass is 359 g/mol. The molecule has 1 aliphatic carbocycles. The maximum absolute atomic E-state index is 4.73. The van der Waals surface area contributed by atoms with Crippen LogP contribution in [0.25, 0.3) is 11.4 Å². The third-order valence-electron chi connectivity index (χ3n) is 5.28. The molecule has 136 valence electrons. The number of piperazine rings is 1. The van der Waals surface area contributed by atoms with Gasteiger partial charge in [0, 0.05) is 49.8 Å². The van der Waals surface area contributed by atoms with E-state index in [0.717, 1.165) is 62.2 Å². The summed E-state index contributed by atoms with van der Waals surface area (Å²) in [7, 11) is 0. The van der Waals surface area contributed by atoms with Gasteiger partial charge in [-0.15, -0.1) is 0 Å². The molecule has 7 nitrogen and oxygen atoms in total. The first-order chi connectivity index (χ1) is 13.4. The normalized spacial score (nSPS) is 16.4. The van der Waals surface area contributed by atoms with Gasteiger partial charge in [-0.1, -0.05) is 6.07 Å². The summed E-state index contributed by atoms with van der Waals surface area (Å²) in [4.78, 5) is 27.3. The maximum Gasteiger partial charge on any atom is 0.226 e. The average Bonchev–Trinajstić information content (AvgIpc) is 3.24. The van der Waals surface area contributed by atoms with E-state index >= 15 is 0 Å². The topological polar surface area (TPSA) is 70.9 Å². The standard InChI is InChI=1S/C20H21N7/c1-2-8-21-17(5-1)18-7-9-22-20(25-18)27-12-10-26(11-13-27)19-15-4-3-6-16(15)23-14-24-19/h1-2,5,7-9,14H,3-4,6,10-13H2. The van der Waals surface area contributed by atoms with Crippen molar-refractivity contribution in [2.24, 2.45) is 0 Å². The Morgan fingerprint density at radius 2 is 1.63 bits per heavy atom. The fourth-order valence-electron chi connectivity index (χ4n) is 3.89. The number of hydrogen-bond acceptors (Lipinski definition) is 7. The van der Waals surface area contributed by atoms with E-state index in [2.05, 4.69) is 29.7 Å². The Balaban J connectivity index is 1.32. The van der Waals surface area contributed by atoms with Crippen LogP contribution in [0.2, 0.25) is 0 Å². The summed E-state index contributed by atoms with van der Waals surface area (Å²) in [5.74, 6) is 1.89. The minimum absolute atomic E-state index is 0.769. The van der Waals surface area contributed by atoms with Crippen molar-refractivity contribution in [3.63, 3.8) is 0 Å². The van der Waals surface area contributed by atoms with Gasteiger partial charge in [0.05, 0.1) is 11.4 Å². The van der Waals surface area contributed by atoms with E-state index in [1.165, 1.54) is 17.7 Å². The molecule has 1 saturated heterocycles. The summed E-state index contributed by atoms with van der Waals surface area (Å²) in [6, 6.07) is 7.77. The van der Waals surface area contributed by atoms with Crippen LogP contribution < -0.4 is 9.80 Å². The van der Waals surface area contributed by atoms with Crippen LogP contribution in [0, 0.1) is 0 Å². The van der Waals surface area contributed by atoms with Gasteiger partial charge in [0.25, 0.3) is 0 Å². The van der Waals surface area contributed by atoms with Gasteiger partial charge in [0.15, 0.2) is 0 Å². The van der Waals surface area contributed by atoms with Gasteiger partial charge in [-0.2, -0.15) is 0 Å². The first kappa shape index (κ1) is 16.1. The smallest absolute Gasteiger partial charge is 0.226 e. The summed E-state index contributed by atoms with van der Waals surface area (Å²) < 4.78 is 0. The summed E-state index contributed by atoms with van der Waals surface area (Å²) in [5, 5.41) is 0. The van der Waals surface area contributed by atoms with Gasteiger partial charge in [0.2, 0.25) is 5.95 Å². The van der Waals surface area contributed by atoms with Crippen LogP contribution >= 0.6 is 0 Å². The van der Waals surface area contributed by atoms with Crippen LogP contribution in [0.15, 0.2) is 43.0 Å². The molecule has 0 N–H and O–H groups in total. The molecular formula is C20H21N7. The molecule has 0 radical (unpaired) electrons. The molecule has 0 spiro atoms. The van der Waals surface area contributed by atoms with Crippen LogP contribution in [-0.2, 0) is 12.8 Å². The van der Waals surface area contributed by atoms with Crippen molar-refractivity contribution in [3.8, 4) is 11.4 Å². The molecule has 7 heteroatoms. The molecule has 2 aliphatic rings. The molecule has 0 amide bonds. The lowest BCUT2D eigenvalue weighted by Crippen LogP contribution is -2.47. The number of aromatic nitrogens is 5. The zero-order valence-corrected chi connectivity index (χ0v) is 15.1. The maximum atomic E-state index is 4.73. The predicted octanol–water partition coefficient (Wildman–Crippen LogP) is 2.14. The highest BCUT2D eigenvalue weighted by Crippen LogP contribution is 2.28. The molecule has 27 heavy (non-hydrogen) atoms. The second kappa shape index (κ2) is 6.90. The fraction of sp³-hybridized carbons (Fsp3) is 0.350. The van der Waals surface area contributed by atoms with Crippen LogP contribution in [0.5, 0.6) is 0 Å². The zero-order chi connectivity index (χ0) is 18.1.